The van der Waals surface area contributed by atoms with Gasteiger partial charge in [-0.05, 0) is 37.1 Å². The van der Waals surface area contributed by atoms with Crippen molar-refractivity contribution in [2.24, 2.45) is 0 Å². The van der Waals surface area contributed by atoms with Gasteiger partial charge in [-0.15, -0.1) is 0 Å². The molecule has 0 bridgehead atoms. The second kappa shape index (κ2) is 8.56. The van der Waals surface area contributed by atoms with E-state index in [1.807, 2.05) is 0 Å². The first-order valence-electron chi connectivity index (χ1n) is 8.89. The Morgan fingerprint density at radius 2 is 2.07 bits per heavy atom. The van der Waals surface area contributed by atoms with Gasteiger partial charge in [0.2, 0.25) is 0 Å². The zero-order valence-corrected chi connectivity index (χ0v) is 16.5. The number of halogens is 1. The highest BCUT2D eigenvalue weighted by atomic mass is 32.2. The van der Waals surface area contributed by atoms with Crippen molar-refractivity contribution in [1.29, 1.82) is 0 Å². The fourth-order valence-electron chi connectivity index (χ4n) is 2.96. The van der Waals surface area contributed by atoms with E-state index in [0.29, 0.717) is 23.5 Å². The summed E-state index contributed by atoms with van der Waals surface area (Å²) < 4.78 is 42.6. The highest BCUT2D eigenvalue weighted by Crippen LogP contribution is 2.27. The third-order valence-corrected chi connectivity index (χ3v) is 6.06. The second-order valence-electron chi connectivity index (χ2n) is 6.71. The summed E-state index contributed by atoms with van der Waals surface area (Å²) in [5.74, 6) is -1.27. The smallest absolute Gasteiger partial charge is 0.331 e. The van der Waals surface area contributed by atoms with E-state index >= 15 is 0 Å². The molecule has 1 aromatic heterocycles. The Morgan fingerprint density at radius 1 is 1.34 bits per heavy atom. The Labute approximate surface area is 167 Å². The number of carbonyl (C=O) groups is 2. The highest BCUT2D eigenvalue weighted by molar-refractivity contribution is 7.91. The van der Waals surface area contributed by atoms with E-state index in [1.54, 1.807) is 13.0 Å². The minimum Gasteiger partial charge on any atom is -0.452 e. The number of amides is 1. The summed E-state index contributed by atoms with van der Waals surface area (Å²) in [4.78, 5) is 23.9. The van der Waals surface area contributed by atoms with Gasteiger partial charge in [-0.3, -0.25) is 4.79 Å². The molecule has 10 heteroatoms. The van der Waals surface area contributed by atoms with Crippen LogP contribution < -0.4 is 5.32 Å². The molecule has 1 aliphatic rings. The molecule has 3 rings (SSSR count). The summed E-state index contributed by atoms with van der Waals surface area (Å²) in [5, 5.41) is 6.86. The van der Waals surface area contributed by atoms with Crippen molar-refractivity contribution in [2.75, 3.05) is 23.4 Å². The molecule has 0 spiro atoms. The number of hydrogen-bond donors (Lipinski definition) is 1. The number of anilines is 1. The van der Waals surface area contributed by atoms with Gasteiger partial charge in [-0.1, -0.05) is 12.1 Å². The third-order valence-electron chi connectivity index (χ3n) is 4.31. The monoisotopic (exact) mass is 421 g/mol. The zero-order chi connectivity index (χ0) is 21.0. The summed E-state index contributed by atoms with van der Waals surface area (Å²) >= 11 is 0. The number of benzene rings is 1. The first-order chi connectivity index (χ1) is 13.7. The fraction of sp³-hybridized carbons (Fsp3) is 0.316. The highest BCUT2D eigenvalue weighted by Gasteiger charge is 2.31. The number of rotatable bonds is 6. The molecule has 0 saturated carbocycles. The van der Waals surface area contributed by atoms with Gasteiger partial charge in [0.1, 0.15) is 11.6 Å². The van der Waals surface area contributed by atoms with Crippen molar-refractivity contribution in [1.82, 2.24) is 9.78 Å². The van der Waals surface area contributed by atoms with Gasteiger partial charge in [0.25, 0.3) is 5.91 Å². The number of carbonyl (C=O) groups excluding carboxylic acids is 2. The van der Waals surface area contributed by atoms with E-state index in [-0.39, 0.29) is 23.4 Å². The van der Waals surface area contributed by atoms with Crippen LogP contribution in [0.2, 0.25) is 0 Å². The molecule has 1 unspecified atom stereocenters. The summed E-state index contributed by atoms with van der Waals surface area (Å²) in [6, 6.07) is 6.80. The minimum absolute atomic E-state index is 0.0276. The molecule has 1 fully saturated rings. The Morgan fingerprint density at radius 3 is 2.72 bits per heavy atom. The maximum absolute atomic E-state index is 12.8. The van der Waals surface area contributed by atoms with Crippen molar-refractivity contribution in [3.63, 3.8) is 0 Å². The van der Waals surface area contributed by atoms with Gasteiger partial charge >= 0.3 is 5.97 Å². The Balaban J connectivity index is 1.54. The quantitative estimate of drug-likeness (QED) is 0.564. The molecule has 0 radical (unpaired) electrons. The molecular weight excluding hydrogens is 401 g/mol. The van der Waals surface area contributed by atoms with Gasteiger partial charge in [0.05, 0.1) is 23.2 Å². The molecular formula is C19H20FN3O5S. The molecule has 1 saturated heterocycles. The molecule has 2 aromatic rings. The number of nitrogens with zero attached hydrogens (tertiary/aromatic N) is 2. The van der Waals surface area contributed by atoms with Crippen LogP contribution in [0.5, 0.6) is 0 Å². The molecule has 1 N–H and O–H groups in total. The van der Waals surface area contributed by atoms with Gasteiger partial charge < -0.3 is 10.1 Å². The molecule has 1 atom stereocenters. The molecule has 1 aromatic carbocycles. The molecule has 1 amide bonds. The maximum atomic E-state index is 12.8. The predicted molar refractivity (Wildman–Crippen MR) is 104 cm³/mol. The lowest BCUT2D eigenvalue weighted by molar-refractivity contribution is -0.142. The van der Waals surface area contributed by atoms with E-state index in [1.165, 1.54) is 35.0 Å². The molecule has 8 nitrogen and oxygen atoms in total. The lowest BCUT2D eigenvalue weighted by atomic mass is 10.2. The largest absolute Gasteiger partial charge is 0.452 e. The Bertz CT molecular complexity index is 1040. The van der Waals surface area contributed by atoms with Crippen molar-refractivity contribution in [3.05, 3.63) is 53.5 Å². The SMILES string of the molecule is Cc1cc(NC(=O)COC(=O)/C=C/c2ccc(F)cc2)n(C2CCS(=O)(=O)C2)n1. The van der Waals surface area contributed by atoms with Crippen LogP contribution in [0, 0.1) is 12.7 Å². The summed E-state index contributed by atoms with van der Waals surface area (Å²) in [5.41, 5.74) is 1.24. The Kier molecular flexibility index (Phi) is 6.12. The van der Waals surface area contributed by atoms with Crippen molar-refractivity contribution >= 4 is 33.6 Å². The van der Waals surface area contributed by atoms with Crippen LogP contribution >= 0.6 is 0 Å². The predicted octanol–water partition coefficient (Wildman–Crippen LogP) is 1.89. The van der Waals surface area contributed by atoms with Crippen LogP contribution in [0.4, 0.5) is 10.2 Å². The van der Waals surface area contributed by atoms with E-state index in [9.17, 15) is 22.4 Å². The number of nitrogens with one attached hydrogen (secondary N) is 1. The van der Waals surface area contributed by atoms with Crippen molar-refractivity contribution in [2.45, 2.75) is 19.4 Å². The van der Waals surface area contributed by atoms with Gasteiger partial charge in [-0.25, -0.2) is 22.3 Å². The third kappa shape index (κ3) is 5.74. The van der Waals surface area contributed by atoms with Crippen LogP contribution in [0.3, 0.4) is 0 Å². The average molecular weight is 421 g/mol. The number of ether oxygens (including phenoxy) is 1. The molecule has 154 valence electrons. The van der Waals surface area contributed by atoms with Crippen molar-refractivity contribution < 1.29 is 27.1 Å². The first-order valence-corrected chi connectivity index (χ1v) is 10.7. The normalized spacial score (nSPS) is 18.1. The molecule has 2 heterocycles. The number of esters is 1. The standard InChI is InChI=1S/C19H20FN3O5S/c1-13-10-17(23(22-13)16-8-9-29(26,27)12-16)21-18(24)11-28-19(25)7-4-14-2-5-15(20)6-3-14/h2-7,10,16H,8-9,11-12H2,1H3,(H,21,24)/b7-4+. The number of aryl methyl sites for hydroxylation is 1. The van der Waals surface area contributed by atoms with Gasteiger partial charge in [0.15, 0.2) is 16.4 Å². The topological polar surface area (TPSA) is 107 Å². The molecule has 1 aliphatic heterocycles. The Hall–Kier alpha value is -3.01. The minimum atomic E-state index is -3.10. The lowest BCUT2D eigenvalue weighted by Crippen LogP contribution is -2.23. The number of hydrogen-bond acceptors (Lipinski definition) is 6. The zero-order valence-electron chi connectivity index (χ0n) is 15.7. The second-order valence-corrected chi connectivity index (χ2v) is 8.94. The average Bonchev–Trinajstić information content (AvgIpc) is 3.21. The van der Waals surface area contributed by atoms with E-state index < -0.39 is 28.3 Å². The van der Waals surface area contributed by atoms with Crippen LogP contribution in [-0.2, 0) is 24.2 Å². The van der Waals surface area contributed by atoms with E-state index in [0.717, 1.165) is 6.08 Å². The van der Waals surface area contributed by atoms with Crippen molar-refractivity contribution in [3.8, 4) is 0 Å². The van der Waals surface area contributed by atoms with E-state index in [2.05, 4.69) is 10.4 Å². The lowest BCUT2D eigenvalue weighted by Gasteiger charge is -2.13. The van der Waals surface area contributed by atoms with Gasteiger partial charge in [0, 0.05) is 12.1 Å². The van der Waals surface area contributed by atoms with Crippen LogP contribution in [0.1, 0.15) is 23.7 Å². The van der Waals surface area contributed by atoms with E-state index in [4.69, 9.17) is 4.74 Å². The maximum Gasteiger partial charge on any atom is 0.331 e. The summed E-state index contributed by atoms with van der Waals surface area (Å²) in [7, 11) is -3.10. The van der Waals surface area contributed by atoms with Crippen LogP contribution in [0.25, 0.3) is 6.08 Å². The number of aromatic nitrogens is 2. The van der Waals surface area contributed by atoms with Crippen LogP contribution in [0.15, 0.2) is 36.4 Å². The summed E-state index contributed by atoms with van der Waals surface area (Å²) in [6.45, 7) is 1.22. The molecule has 29 heavy (non-hydrogen) atoms. The summed E-state index contributed by atoms with van der Waals surface area (Å²) in [6.07, 6.45) is 3.01. The fourth-order valence-corrected chi connectivity index (χ4v) is 4.65. The number of sulfone groups is 1. The first kappa shape index (κ1) is 20.7. The molecule has 0 aliphatic carbocycles. The van der Waals surface area contributed by atoms with Crippen LogP contribution in [-0.4, -0.2) is 48.2 Å². The van der Waals surface area contributed by atoms with Gasteiger partial charge in [-0.2, -0.15) is 5.10 Å².